The van der Waals surface area contributed by atoms with Gasteiger partial charge in [-0.3, -0.25) is 4.98 Å². The summed E-state index contributed by atoms with van der Waals surface area (Å²) in [5.74, 6) is 0.200. The van der Waals surface area contributed by atoms with Crippen molar-refractivity contribution in [3.63, 3.8) is 0 Å². The van der Waals surface area contributed by atoms with Crippen LogP contribution in [0.25, 0.3) is 0 Å². The third-order valence-electron chi connectivity index (χ3n) is 6.54. The molecule has 3 rings (SSSR count). The Hall–Kier alpha value is -2.68. The maximum Gasteiger partial charge on any atom is 0.168 e. The quantitative estimate of drug-likeness (QED) is 0.345. The molecule has 176 valence electrons. The number of hydrogen-bond acceptors (Lipinski definition) is 2. The summed E-state index contributed by atoms with van der Waals surface area (Å²) >= 11 is 0. The SMILES string of the molecule is CCc1ccc(CCc2nc(CCCc3ccccc3C(C)C)ccc2C(C)C)c(F)c1O. The van der Waals surface area contributed by atoms with Crippen molar-refractivity contribution in [3.05, 3.63) is 93.6 Å². The number of aromatic hydroxyl groups is 1. The van der Waals surface area contributed by atoms with Crippen LogP contribution in [-0.2, 0) is 32.1 Å². The highest BCUT2D eigenvalue weighted by Gasteiger charge is 2.15. The van der Waals surface area contributed by atoms with Crippen molar-refractivity contribution in [2.45, 2.75) is 85.0 Å². The number of phenolic OH excluding ortho intramolecular Hbond substituents is 1. The molecular formula is C30H38FNO. The lowest BCUT2D eigenvalue weighted by atomic mass is 9.93. The van der Waals surface area contributed by atoms with E-state index < -0.39 is 5.82 Å². The molecule has 0 atom stereocenters. The first-order valence-electron chi connectivity index (χ1n) is 12.4. The number of rotatable bonds is 10. The number of phenols is 1. The minimum atomic E-state index is -0.486. The van der Waals surface area contributed by atoms with E-state index in [1.54, 1.807) is 6.07 Å². The average molecular weight is 448 g/mol. The zero-order valence-electron chi connectivity index (χ0n) is 20.8. The minimum Gasteiger partial charge on any atom is -0.505 e. The van der Waals surface area contributed by atoms with Crippen LogP contribution in [0.3, 0.4) is 0 Å². The van der Waals surface area contributed by atoms with E-state index in [0.717, 1.165) is 30.7 Å². The summed E-state index contributed by atoms with van der Waals surface area (Å²) in [4.78, 5) is 5.00. The summed E-state index contributed by atoms with van der Waals surface area (Å²) < 4.78 is 14.6. The maximum atomic E-state index is 14.6. The zero-order chi connectivity index (χ0) is 24.0. The summed E-state index contributed by atoms with van der Waals surface area (Å²) in [5.41, 5.74) is 7.43. The van der Waals surface area contributed by atoms with Crippen molar-refractivity contribution in [3.8, 4) is 5.75 Å². The lowest BCUT2D eigenvalue weighted by Gasteiger charge is -2.15. The molecule has 0 aliphatic heterocycles. The van der Waals surface area contributed by atoms with Gasteiger partial charge in [-0.2, -0.15) is 0 Å². The van der Waals surface area contributed by atoms with Crippen LogP contribution in [-0.4, -0.2) is 10.1 Å². The molecule has 33 heavy (non-hydrogen) atoms. The molecule has 2 aromatic carbocycles. The summed E-state index contributed by atoms with van der Waals surface area (Å²) in [5, 5.41) is 10.1. The highest BCUT2D eigenvalue weighted by Crippen LogP contribution is 2.27. The fraction of sp³-hybridized carbons (Fsp3) is 0.433. The molecule has 0 saturated carbocycles. The topological polar surface area (TPSA) is 33.1 Å². The van der Waals surface area contributed by atoms with Crippen molar-refractivity contribution < 1.29 is 9.50 Å². The van der Waals surface area contributed by atoms with E-state index in [9.17, 15) is 9.50 Å². The van der Waals surface area contributed by atoms with Crippen LogP contribution in [0, 0.1) is 5.82 Å². The Labute approximate surface area is 198 Å². The molecule has 0 aliphatic rings. The van der Waals surface area contributed by atoms with Crippen molar-refractivity contribution in [1.29, 1.82) is 0 Å². The van der Waals surface area contributed by atoms with Gasteiger partial charge in [0.1, 0.15) is 0 Å². The van der Waals surface area contributed by atoms with E-state index in [4.69, 9.17) is 4.98 Å². The van der Waals surface area contributed by atoms with Crippen LogP contribution in [0.5, 0.6) is 5.75 Å². The third-order valence-corrected chi connectivity index (χ3v) is 6.54. The van der Waals surface area contributed by atoms with Gasteiger partial charge in [-0.15, -0.1) is 0 Å². The van der Waals surface area contributed by atoms with Crippen molar-refractivity contribution in [2.24, 2.45) is 0 Å². The molecule has 1 N–H and O–H groups in total. The fourth-order valence-corrected chi connectivity index (χ4v) is 4.59. The first-order valence-corrected chi connectivity index (χ1v) is 12.4. The molecule has 0 aliphatic carbocycles. The Morgan fingerprint density at radius 1 is 0.758 bits per heavy atom. The molecule has 3 aromatic rings. The number of benzene rings is 2. The van der Waals surface area contributed by atoms with Gasteiger partial charge in [-0.25, -0.2) is 4.39 Å². The Bertz CT molecular complexity index is 1070. The molecular weight excluding hydrogens is 409 g/mol. The van der Waals surface area contributed by atoms with Gasteiger partial charge < -0.3 is 5.11 Å². The molecule has 0 fully saturated rings. The number of hydrogen-bond donors (Lipinski definition) is 1. The molecule has 2 nitrogen and oxygen atoms in total. The lowest BCUT2D eigenvalue weighted by Crippen LogP contribution is -2.06. The largest absolute Gasteiger partial charge is 0.505 e. The highest BCUT2D eigenvalue weighted by atomic mass is 19.1. The first-order chi connectivity index (χ1) is 15.8. The predicted molar refractivity (Wildman–Crippen MR) is 136 cm³/mol. The van der Waals surface area contributed by atoms with Crippen LogP contribution in [0.2, 0.25) is 0 Å². The van der Waals surface area contributed by atoms with Crippen LogP contribution in [0.4, 0.5) is 4.39 Å². The smallest absolute Gasteiger partial charge is 0.168 e. The van der Waals surface area contributed by atoms with Gasteiger partial charge in [0, 0.05) is 11.4 Å². The average Bonchev–Trinajstić information content (AvgIpc) is 2.80. The first kappa shape index (κ1) is 25.0. The van der Waals surface area contributed by atoms with E-state index in [1.807, 2.05) is 13.0 Å². The number of halogens is 1. The van der Waals surface area contributed by atoms with Gasteiger partial charge in [-0.1, -0.05) is 77.1 Å². The summed E-state index contributed by atoms with van der Waals surface area (Å²) in [6.07, 6.45) is 4.84. The molecule has 0 spiro atoms. The number of aromatic nitrogens is 1. The van der Waals surface area contributed by atoms with Crippen molar-refractivity contribution in [1.82, 2.24) is 4.98 Å². The number of pyridine rings is 1. The Balaban J connectivity index is 1.72. The minimum absolute atomic E-state index is 0.206. The molecule has 1 heterocycles. The van der Waals surface area contributed by atoms with Gasteiger partial charge in [-0.05, 0) is 84.2 Å². The summed E-state index contributed by atoms with van der Waals surface area (Å²) in [6, 6.07) is 16.7. The van der Waals surface area contributed by atoms with Crippen LogP contribution in [0.15, 0.2) is 48.5 Å². The molecule has 1 aromatic heterocycles. The van der Waals surface area contributed by atoms with Gasteiger partial charge in [0.2, 0.25) is 0 Å². The molecule has 0 amide bonds. The van der Waals surface area contributed by atoms with Crippen LogP contribution >= 0.6 is 0 Å². The molecule has 0 unspecified atom stereocenters. The maximum absolute atomic E-state index is 14.6. The number of aryl methyl sites for hydroxylation is 5. The zero-order valence-corrected chi connectivity index (χ0v) is 20.8. The van der Waals surface area contributed by atoms with Gasteiger partial charge in [0.25, 0.3) is 0 Å². The van der Waals surface area contributed by atoms with Crippen molar-refractivity contribution in [2.75, 3.05) is 0 Å². The molecule has 0 bridgehead atoms. The Morgan fingerprint density at radius 3 is 2.15 bits per heavy atom. The lowest BCUT2D eigenvalue weighted by molar-refractivity contribution is 0.422. The second kappa shape index (κ2) is 11.4. The van der Waals surface area contributed by atoms with E-state index in [-0.39, 0.29) is 5.75 Å². The molecule has 0 saturated heterocycles. The normalized spacial score (nSPS) is 11.5. The molecule has 0 radical (unpaired) electrons. The van der Waals surface area contributed by atoms with E-state index in [0.29, 0.717) is 42.2 Å². The Kier molecular flexibility index (Phi) is 8.66. The predicted octanol–water partition coefficient (Wildman–Crippen LogP) is 7.70. The molecule has 3 heteroatoms. The number of nitrogens with zero attached hydrogens (tertiary/aromatic N) is 1. The van der Waals surface area contributed by atoms with Gasteiger partial charge in [0.05, 0.1) is 0 Å². The monoisotopic (exact) mass is 447 g/mol. The third kappa shape index (κ3) is 6.22. The summed E-state index contributed by atoms with van der Waals surface area (Å²) in [7, 11) is 0. The van der Waals surface area contributed by atoms with Crippen LogP contribution in [0.1, 0.15) is 92.1 Å². The second-order valence-electron chi connectivity index (χ2n) is 9.60. The van der Waals surface area contributed by atoms with E-state index in [2.05, 4.69) is 64.1 Å². The van der Waals surface area contributed by atoms with Gasteiger partial charge >= 0.3 is 0 Å². The van der Waals surface area contributed by atoms with Crippen molar-refractivity contribution >= 4 is 0 Å². The van der Waals surface area contributed by atoms with Gasteiger partial charge in [0.15, 0.2) is 11.6 Å². The van der Waals surface area contributed by atoms with E-state index in [1.165, 1.54) is 16.7 Å². The van der Waals surface area contributed by atoms with Crippen LogP contribution < -0.4 is 0 Å². The van der Waals surface area contributed by atoms with E-state index >= 15 is 0 Å². The standard InChI is InChI=1S/C30H38FNO/c1-6-22-14-15-24(29(31)30(22)33)16-19-28-27(21(4)5)18-17-25(32-28)12-9-11-23-10-7-8-13-26(23)20(2)3/h7-8,10,13-15,17-18,20-21,33H,6,9,11-12,16,19H2,1-5H3. The Morgan fingerprint density at radius 2 is 1.45 bits per heavy atom. The summed E-state index contributed by atoms with van der Waals surface area (Å²) in [6.45, 7) is 10.8. The fourth-order valence-electron chi connectivity index (χ4n) is 4.59. The highest BCUT2D eigenvalue weighted by molar-refractivity contribution is 5.39. The second-order valence-corrected chi connectivity index (χ2v) is 9.60.